The van der Waals surface area contributed by atoms with Crippen LogP contribution in [0.1, 0.15) is 10.4 Å². The number of para-hydroxylation sites is 1. The van der Waals surface area contributed by atoms with Crippen LogP contribution in [-0.4, -0.2) is 15.5 Å². The Hall–Kier alpha value is -3.42. The lowest BCUT2D eigenvalue weighted by Crippen LogP contribution is -2.19. The van der Waals surface area contributed by atoms with Crippen LogP contribution in [0.4, 0.5) is 5.69 Å². The van der Waals surface area contributed by atoms with E-state index in [0.717, 1.165) is 0 Å². The molecule has 6 nitrogen and oxygen atoms in total. The Bertz CT molecular complexity index is 1380. The first kappa shape index (κ1) is 19.9. The van der Waals surface area contributed by atoms with Crippen molar-refractivity contribution in [2.24, 2.45) is 7.05 Å². The van der Waals surface area contributed by atoms with Gasteiger partial charge in [-0.2, -0.15) is 0 Å². The van der Waals surface area contributed by atoms with Crippen molar-refractivity contribution >= 4 is 46.3 Å². The second kappa shape index (κ2) is 8.14. The summed E-state index contributed by atoms with van der Waals surface area (Å²) in [6.07, 6.45) is 0. The molecule has 0 saturated carbocycles. The number of rotatable bonds is 4. The molecule has 1 aromatic heterocycles. The molecule has 0 bridgehead atoms. The van der Waals surface area contributed by atoms with Gasteiger partial charge < -0.3 is 15.0 Å². The van der Waals surface area contributed by atoms with Gasteiger partial charge in [0.05, 0.1) is 15.9 Å². The fourth-order valence-corrected chi connectivity index (χ4v) is 3.28. The number of aromatic nitrogens is 2. The minimum absolute atomic E-state index is 0.213. The number of nitrogens with one attached hydrogen (secondary N) is 2. The van der Waals surface area contributed by atoms with Crippen LogP contribution in [0.25, 0.3) is 10.9 Å². The normalized spacial score (nSPS) is 10.7. The summed E-state index contributed by atoms with van der Waals surface area (Å²) in [6, 6.07) is 18.9. The molecule has 150 valence electrons. The van der Waals surface area contributed by atoms with Crippen LogP contribution in [0.3, 0.4) is 0 Å². The van der Waals surface area contributed by atoms with Gasteiger partial charge in [0.1, 0.15) is 11.5 Å². The number of aromatic amines is 1. The summed E-state index contributed by atoms with van der Waals surface area (Å²) in [5.41, 5.74) is 1.30. The minimum atomic E-state index is -0.309. The third-order valence-electron chi connectivity index (χ3n) is 4.54. The highest BCUT2D eigenvalue weighted by atomic mass is 35.5. The summed E-state index contributed by atoms with van der Waals surface area (Å²) in [7, 11) is 1.60. The van der Waals surface area contributed by atoms with Crippen LogP contribution in [0.15, 0.2) is 71.5 Å². The average molecular weight is 438 g/mol. The van der Waals surface area contributed by atoms with Gasteiger partial charge in [0, 0.05) is 18.3 Å². The molecule has 1 amide bonds. The van der Waals surface area contributed by atoms with Crippen molar-refractivity contribution in [2.45, 2.75) is 0 Å². The summed E-state index contributed by atoms with van der Waals surface area (Å²) < 4.78 is 7.39. The maximum absolute atomic E-state index is 12.6. The maximum atomic E-state index is 12.6. The number of benzene rings is 3. The zero-order chi connectivity index (χ0) is 21.3. The molecule has 2 N–H and O–H groups in total. The van der Waals surface area contributed by atoms with E-state index in [1.54, 1.807) is 61.6 Å². The standard InChI is InChI=1S/C22H16ClN3O3S/c1-26-21(28)16-11-6-13(12-18(16)25-22(26)30)20(27)24-14-7-9-15(10-8-14)29-19-5-3-2-4-17(19)23/h2-12H,1H3,(H,24,27)(H,25,30). The Kier molecular flexibility index (Phi) is 5.39. The summed E-state index contributed by atoms with van der Waals surface area (Å²) in [5.74, 6) is 0.836. The number of carbonyl (C=O) groups is 1. The molecule has 0 atom stereocenters. The van der Waals surface area contributed by atoms with Gasteiger partial charge in [0.2, 0.25) is 0 Å². The molecule has 0 saturated heterocycles. The van der Waals surface area contributed by atoms with Crippen LogP contribution >= 0.6 is 23.8 Å². The van der Waals surface area contributed by atoms with Crippen molar-refractivity contribution < 1.29 is 9.53 Å². The molecule has 4 aromatic rings. The number of carbonyl (C=O) groups excluding carboxylic acids is 1. The van der Waals surface area contributed by atoms with E-state index in [0.29, 0.717) is 43.4 Å². The van der Waals surface area contributed by atoms with Crippen molar-refractivity contribution in [3.05, 3.63) is 92.4 Å². The molecule has 0 aliphatic carbocycles. The highest BCUT2D eigenvalue weighted by Gasteiger charge is 2.10. The lowest BCUT2D eigenvalue weighted by atomic mass is 10.1. The van der Waals surface area contributed by atoms with Crippen molar-refractivity contribution in [1.29, 1.82) is 0 Å². The van der Waals surface area contributed by atoms with E-state index >= 15 is 0 Å². The second-order valence-corrected chi connectivity index (χ2v) is 7.36. The summed E-state index contributed by atoms with van der Waals surface area (Å²) in [5, 5.41) is 3.80. The first-order valence-corrected chi connectivity index (χ1v) is 9.78. The molecule has 4 rings (SSSR count). The van der Waals surface area contributed by atoms with Gasteiger partial charge in [-0.15, -0.1) is 0 Å². The predicted molar refractivity (Wildman–Crippen MR) is 120 cm³/mol. The fourth-order valence-electron chi connectivity index (χ4n) is 2.91. The molecule has 0 fully saturated rings. The first-order chi connectivity index (χ1) is 14.4. The lowest BCUT2D eigenvalue weighted by Gasteiger charge is -2.10. The fraction of sp³-hybridized carbons (Fsp3) is 0.0455. The molecule has 8 heteroatoms. The van der Waals surface area contributed by atoms with Crippen molar-refractivity contribution in [1.82, 2.24) is 9.55 Å². The largest absolute Gasteiger partial charge is 0.456 e. The minimum Gasteiger partial charge on any atom is -0.456 e. The van der Waals surface area contributed by atoms with Crippen LogP contribution in [0.5, 0.6) is 11.5 Å². The van der Waals surface area contributed by atoms with Crippen LogP contribution in [-0.2, 0) is 7.05 Å². The van der Waals surface area contributed by atoms with E-state index in [1.807, 2.05) is 12.1 Å². The van der Waals surface area contributed by atoms with Gasteiger partial charge in [-0.3, -0.25) is 14.2 Å². The Morgan fingerprint density at radius 1 is 1.10 bits per heavy atom. The van der Waals surface area contributed by atoms with Crippen LogP contribution in [0, 0.1) is 4.77 Å². The Morgan fingerprint density at radius 3 is 2.57 bits per heavy atom. The van der Waals surface area contributed by atoms with E-state index in [9.17, 15) is 9.59 Å². The molecular weight excluding hydrogens is 422 g/mol. The van der Waals surface area contributed by atoms with Gasteiger partial charge >= 0.3 is 0 Å². The lowest BCUT2D eigenvalue weighted by molar-refractivity contribution is 0.102. The summed E-state index contributed by atoms with van der Waals surface area (Å²) in [6.45, 7) is 0. The maximum Gasteiger partial charge on any atom is 0.261 e. The molecule has 0 radical (unpaired) electrons. The number of anilines is 1. The first-order valence-electron chi connectivity index (χ1n) is 8.99. The number of ether oxygens (including phenoxy) is 1. The molecular formula is C22H16ClN3O3S. The number of H-pyrrole nitrogens is 1. The summed E-state index contributed by atoms with van der Waals surface area (Å²) in [4.78, 5) is 27.9. The number of halogens is 1. The highest BCUT2D eigenvalue weighted by Crippen LogP contribution is 2.29. The van der Waals surface area contributed by atoms with Gasteiger partial charge in [-0.05, 0) is 66.8 Å². The molecule has 0 aliphatic rings. The number of amides is 1. The topological polar surface area (TPSA) is 76.1 Å². The zero-order valence-electron chi connectivity index (χ0n) is 15.8. The molecule has 30 heavy (non-hydrogen) atoms. The molecule has 3 aromatic carbocycles. The number of fused-ring (bicyclic) bond motifs is 1. The van der Waals surface area contributed by atoms with Crippen LogP contribution < -0.4 is 15.6 Å². The smallest absolute Gasteiger partial charge is 0.261 e. The van der Waals surface area contributed by atoms with E-state index in [2.05, 4.69) is 10.3 Å². The van der Waals surface area contributed by atoms with E-state index in [4.69, 9.17) is 28.6 Å². The average Bonchev–Trinajstić information content (AvgIpc) is 2.74. The van der Waals surface area contributed by atoms with E-state index < -0.39 is 0 Å². The Balaban J connectivity index is 1.52. The van der Waals surface area contributed by atoms with Crippen molar-refractivity contribution in [3.8, 4) is 11.5 Å². The SMILES string of the molecule is Cn1c(=S)[nH]c2cc(C(=O)Nc3ccc(Oc4ccccc4Cl)cc3)ccc2c1=O. The van der Waals surface area contributed by atoms with Crippen molar-refractivity contribution in [2.75, 3.05) is 5.32 Å². The molecule has 0 spiro atoms. The van der Waals surface area contributed by atoms with Gasteiger partial charge in [0.15, 0.2) is 4.77 Å². The molecule has 1 heterocycles. The second-order valence-electron chi connectivity index (χ2n) is 6.57. The number of hydrogen-bond donors (Lipinski definition) is 2. The van der Waals surface area contributed by atoms with E-state index in [-0.39, 0.29) is 11.5 Å². The quantitative estimate of drug-likeness (QED) is 0.425. The third kappa shape index (κ3) is 3.98. The Labute approximate surface area is 181 Å². The van der Waals surface area contributed by atoms with Crippen LogP contribution in [0.2, 0.25) is 5.02 Å². The Morgan fingerprint density at radius 2 is 1.83 bits per heavy atom. The molecule has 0 aliphatic heterocycles. The zero-order valence-corrected chi connectivity index (χ0v) is 17.4. The highest BCUT2D eigenvalue weighted by molar-refractivity contribution is 7.71. The monoisotopic (exact) mass is 437 g/mol. The predicted octanol–water partition coefficient (Wildman–Crippen LogP) is 5.29. The van der Waals surface area contributed by atoms with Gasteiger partial charge in [-0.1, -0.05) is 23.7 Å². The van der Waals surface area contributed by atoms with Gasteiger partial charge in [0.25, 0.3) is 11.5 Å². The third-order valence-corrected chi connectivity index (χ3v) is 5.23. The molecule has 0 unspecified atom stereocenters. The summed E-state index contributed by atoms with van der Waals surface area (Å²) >= 11 is 11.2. The van der Waals surface area contributed by atoms with Gasteiger partial charge in [-0.25, -0.2) is 0 Å². The van der Waals surface area contributed by atoms with E-state index in [1.165, 1.54) is 4.57 Å². The van der Waals surface area contributed by atoms with Crippen molar-refractivity contribution in [3.63, 3.8) is 0 Å². The number of nitrogens with zero attached hydrogens (tertiary/aromatic N) is 1. The number of hydrogen-bond acceptors (Lipinski definition) is 4.